The molecule has 0 aliphatic rings. The number of methoxy groups -OCH3 is 1. The van der Waals surface area contributed by atoms with Gasteiger partial charge in [-0.3, -0.25) is 4.79 Å². The highest BCUT2D eigenvalue weighted by Crippen LogP contribution is 2.32. The number of fused-ring (bicyclic) bond motifs is 1. The monoisotopic (exact) mass is 355 g/mol. The summed E-state index contributed by atoms with van der Waals surface area (Å²) in [7, 11) is 1.56. The lowest BCUT2D eigenvalue weighted by atomic mass is 10.1. The second-order valence-corrected chi connectivity index (χ2v) is 5.98. The summed E-state index contributed by atoms with van der Waals surface area (Å²) in [5.74, 6) is 0.879. The molecule has 0 saturated heterocycles. The smallest absolute Gasteiger partial charge is 0.248 e. The van der Waals surface area contributed by atoms with Crippen molar-refractivity contribution in [2.75, 3.05) is 12.4 Å². The normalized spacial score (nSPS) is 11.2. The van der Waals surface area contributed by atoms with Crippen LogP contribution in [0.4, 0.5) is 5.69 Å². The second-order valence-electron chi connectivity index (χ2n) is 5.55. The van der Waals surface area contributed by atoms with Crippen LogP contribution in [0.25, 0.3) is 17.0 Å². The van der Waals surface area contributed by atoms with Gasteiger partial charge < -0.3 is 14.5 Å². The van der Waals surface area contributed by atoms with Gasteiger partial charge in [0.2, 0.25) is 5.91 Å². The standard InChI is InChI=1S/C20H18ClNO3/c1-3-13-4-6-16(7-5-13)22-19(23)9-8-17-11-14-10-15(21)12-18(24-2)20(14)25-17/h4-12H,3H2,1-2H3,(H,22,23). The first-order valence-electron chi connectivity index (χ1n) is 7.94. The SMILES string of the molecule is CCc1ccc(NC(=O)C=Cc2cc3cc(Cl)cc(OC)c3o2)cc1. The largest absolute Gasteiger partial charge is 0.493 e. The summed E-state index contributed by atoms with van der Waals surface area (Å²) in [5.41, 5.74) is 2.58. The van der Waals surface area contributed by atoms with E-state index in [4.69, 9.17) is 20.8 Å². The molecule has 25 heavy (non-hydrogen) atoms. The number of rotatable bonds is 5. The first kappa shape index (κ1) is 17.1. The molecule has 0 bridgehead atoms. The van der Waals surface area contributed by atoms with Crippen molar-refractivity contribution in [1.82, 2.24) is 0 Å². The Hall–Kier alpha value is -2.72. The van der Waals surface area contributed by atoms with Gasteiger partial charge in [-0.25, -0.2) is 0 Å². The first-order valence-corrected chi connectivity index (χ1v) is 8.32. The van der Waals surface area contributed by atoms with Gasteiger partial charge in [0, 0.05) is 28.2 Å². The van der Waals surface area contributed by atoms with Crippen LogP contribution in [-0.4, -0.2) is 13.0 Å². The number of nitrogens with one attached hydrogen (secondary N) is 1. The quantitative estimate of drug-likeness (QED) is 0.631. The molecule has 1 N–H and O–H groups in total. The topological polar surface area (TPSA) is 51.5 Å². The van der Waals surface area contributed by atoms with Crippen LogP contribution in [0.3, 0.4) is 0 Å². The summed E-state index contributed by atoms with van der Waals surface area (Å²) < 4.78 is 11.0. The summed E-state index contributed by atoms with van der Waals surface area (Å²) in [4.78, 5) is 12.0. The molecule has 4 nitrogen and oxygen atoms in total. The molecule has 1 heterocycles. The fourth-order valence-corrected chi connectivity index (χ4v) is 2.72. The van der Waals surface area contributed by atoms with Gasteiger partial charge in [0.05, 0.1) is 7.11 Å². The van der Waals surface area contributed by atoms with Crippen molar-refractivity contribution < 1.29 is 13.9 Å². The fourth-order valence-electron chi connectivity index (χ4n) is 2.51. The third kappa shape index (κ3) is 4.03. The molecule has 0 radical (unpaired) electrons. The average Bonchev–Trinajstić information content (AvgIpc) is 3.02. The van der Waals surface area contributed by atoms with Gasteiger partial charge in [-0.05, 0) is 42.3 Å². The van der Waals surface area contributed by atoms with E-state index in [-0.39, 0.29) is 5.91 Å². The van der Waals surface area contributed by atoms with Crippen LogP contribution in [0, 0.1) is 0 Å². The van der Waals surface area contributed by atoms with Gasteiger partial charge in [-0.1, -0.05) is 30.7 Å². The number of hydrogen-bond acceptors (Lipinski definition) is 3. The maximum Gasteiger partial charge on any atom is 0.248 e. The summed E-state index contributed by atoms with van der Waals surface area (Å²) in [6.07, 6.45) is 4.01. The molecule has 0 saturated carbocycles. The van der Waals surface area contributed by atoms with Gasteiger partial charge in [-0.15, -0.1) is 0 Å². The molecule has 0 spiro atoms. The zero-order chi connectivity index (χ0) is 17.8. The van der Waals surface area contributed by atoms with Crippen molar-refractivity contribution >= 4 is 40.2 Å². The van der Waals surface area contributed by atoms with E-state index >= 15 is 0 Å². The van der Waals surface area contributed by atoms with Crippen molar-refractivity contribution in [2.24, 2.45) is 0 Å². The lowest BCUT2D eigenvalue weighted by Gasteiger charge is -2.02. The molecule has 2 aromatic carbocycles. The summed E-state index contributed by atoms with van der Waals surface area (Å²) in [5, 5.41) is 4.20. The van der Waals surface area contributed by atoms with Crippen molar-refractivity contribution in [3.8, 4) is 5.75 Å². The number of aryl methyl sites for hydroxylation is 1. The van der Waals surface area contributed by atoms with E-state index in [2.05, 4.69) is 12.2 Å². The number of ether oxygens (including phenoxy) is 1. The Bertz CT molecular complexity index is 926. The Balaban J connectivity index is 1.74. The predicted molar refractivity (Wildman–Crippen MR) is 101 cm³/mol. The van der Waals surface area contributed by atoms with Crippen molar-refractivity contribution in [1.29, 1.82) is 0 Å². The highest BCUT2D eigenvalue weighted by Gasteiger charge is 2.09. The van der Waals surface area contributed by atoms with Crippen LogP contribution in [0.2, 0.25) is 5.02 Å². The Morgan fingerprint density at radius 3 is 2.68 bits per heavy atom. The molecule has 0 atom stereocenters. The van der Waals surface area contributed by atoms with E-state index in [1.54, 1.807) is 25.3 Å². The zero-order valence-electron chi connectivity index (χ0n) is 14.0. The van der Waals surface area contributed by atoms with Gasteiger partial charge in [0.25, 0.3) is 0 Å². The molecule has 0 fully saturated rings. The molecule has 128 valence electrons. The Morgan fingerprint density at radius 2 is 2.00 bits per heavy atom. The number of benzene rings is 2. The van der Waals surface area contributed by atoms with Crippen LogP contribution in [0.5, 0.6) is 5.75 Å². The van der Waals surface area contributed by atoms with E-state index in [1.807, 2.05) is 30.3 Å². The average molecular weight is 356 g/mol. The number of furan rings is 1. The number of carbonyl (C=O) groups excluding carboxylic acids is 1. The Labute approximate surface area is 151 Å². The maximum atomic E-state index is 12.0. The molecule has 0 unspecified atom stereocenters. The van der Waals surface area contributed by atoms with Crippen LogP contribution in [-0.2, 0) is 11.2 Å². The van der Waals surface area contributed by atoms with Crippen LogP contribution in [0.1, 0.15) is 18.2 Å². The van der Waals surface area contributed by atoms with E-state index < -0.39 is 0 Å². The number of carbonyl (C=O) groups is 1. The molecule has 0 aliphatic carbocycles. The van der Waals surface area contributed by atoms with Crippen molar-refractivity contribution in [3.05, 3.63) is 64.9 Å². The van der Waals surface area contributed by atoms with Gasteiger partial charge in [0.1, 0.15) is 5.76 Å². The molecular weight excluding hydrogens is 338 g/mol. The molecular formula is C20H18ClNO3. The van der Waals surface area contributed by atoms with Gasteiger partial charge >= 0.3 is 0 Å². The number of hydrogen-bond donors (Lipinski definition) is 1. The maximum absolute atomic E-state index is 12.0. The predicted octanol–water partition coefficient (Wildman–Crippen LogP) is 5.31. The molecule has 1 amide bonds. The minimum Gasteiger partial charge on any atom is -0.493 e. The summed E-state index contributed by atoms with van der Waals surface area (Å²) in [6, 6.07) is 13.0. The van der Waals surface area contributed by atoms with E-state index in [1.165, 1.54) is 11.6 Å². The molecule has 3 aromatic rings. The molecule has 5 heteroatoms. The molecule has 0 aliphatic heterocycles. The molecule has 1 aromatic heterocycles. The van der Waals surface area contributed by atoms with Crippen LogP contribution >= 0.6 is 11.6 Å². The first-order chi connectivity index (χ1) is 12.1. The Morgan fingerprint density at radius 1 is 1.24 bits per heavy atom. The highest BCUT2D eigenvalue weighted by molar-refractivity contribution is 6.31. The summed E-state index contributed by atoms with van der Waals surface area (Å²) in [6.45, 7) is 2.09. The highest BCUT2D eigenvalue weighted by atomic mass is 35.5. The number of amides is 1. The second kappa shape index (κ2) is 7.45. The number of halogens is 1. The number of anilines is 1. The van der Waals surface area contributed by atoms with Crippen molar-refractivity contribution in [2.45, 2.75) is 13.3 Å². The lowest BCUT2D eigenvalue weighted by molar-refractivity contribution is -0.111. The Kier molecular flexibility index (Phi) is 5.10. The fraction of sp³-hybridized carbons (Fsp3) is 0.150. The lowest BCUT2D eigenvalue weighted by Crippen LogP contribution is -2.07. The van der Waals surface area contributed by atoms with E-state index in [0.717, 1.165) is 17.5 Å². The summed E-state index contributed by atoms with van der Waals surface area (Å²) >= 11 is 6.05. The van der Waals surface area contributed by atoms with E-state index in [9.17, 15) is 4.79 Å². The van der Waals surface area contributed by atoms with Crippen molar-refractivity contribution in [3.63, 3.8) is 0 Å². The van der Waals surface area contributed by atoms with Gasteiger partial charge in [-0.2, -0.15) is 0 Å². The third-order valence-corrected chi connectivity index (χ3v) is 4.03. The van der Waals surface area contributed by atoms with E-state index in [0.29, 0.717) is 22.1 Å². The minimum atomic E-state index is -0.227. The zero-order valence-corrected chi connectivity index (χ0v) is 14.8. The molecule has 3 rings (SSSR count). The van der Waals surface area contributed by atoms with Crippen LogP contribution in [0.15, 0.2) is 53.0 Å². The third-order valence-electron chi connectivity index (χ3n) is 3.81. The van der Waals surface area contributed by atoms with Crippen LogP contribution < -0.4 is 10.1 Å². The van der Waals surface area contributed by atoms with Gasteiger partial charge in [0.15, 0.2) is 11.3 Å². The minimum absolute atomic E-state index is 0.227.